The summed E-state index contributed by atoms with van der Waals surface area (Å²) in [6.07, 6.45) is 0.958. The highest BCUT2D eigenvalue weighted by atomic mass is 35.5. The Hall–Kier alpha value is -2.22. The smallest absolute Gasteiger partial charge is 0.288 e. The SMILES string of the molecule is CC(C)CN(CC(N)=O)C(=O)c1cc([N+](=O)[O-])cnc1Cl. The van der Waals surface area contributed by atoms with Gasteiger partial charge in [-0.15, -0.1) is 0 Å². The van der Waals surface area contributed by atoms with Crippen LogP contribution < -0.4 is 5.73 Å². The summed E-state index contributed by atoms with van der Waals surface area (Å²) in [4.78, 5) is 38.3. The second-order valence-electron chi connectivity index (χ2n) is 4.83. The molecule has 114 valence electrons. The van der Waals surface area contributed by atoms with Crippen molar-refractivity contribution in [2.45, 2.75) is 13.8 Å². The Labute approximate surface area is 126 Å². The van der Waals surface area contributed by atoms with E-state index in [1.807, 2.05) is 13.8 Å². The summed E-state index contributed by atoms with van der Waals surface area (Å²) < 4.78 is 0. The minimum atomic E-state index is -0.682. The number of hydrogen-bond acceptors (Lipinski definition) is 5. The van der Waals surface area contributed by atoms with Crippen molar-refractivity contribution in [3.63, 3.8) is 0 Å². The first-order valence-corrected chi connectivity index (χ1v) is 6.47. The largest absolute Gasteiger partial charge is 0.368 e. The summed E-state index contributed by atoms with van der Waals surface area (Å²) in [6.45, 7) is 3.68. The molecule has 0 aliphatic rings. The maximum absolute atomic E-state index is 12.4. The molecule has 1 aromatic rings. The van der Waals surface area contributed by atoms with E-state index in [0.717, 1.165) is 12.3 Å². The molecule has 0 saturated heterocycles. The van der Waals surface area contributed by atoms with Crippen LogP contribution in [0.3, 0.4) is 0 Å². The zero-order valence-corrected chi connectivity index (χ0v) is 12.3. The van der Waals surface area contributed by atoms with E-state index >= 15 is 0 Å². The third kappa shape index (κ3) is 4.67. The summed E-state index contributed by atoms with van der Waals surface area (Å²) in [5.74, 6) is -1.22. The number of primary amides is 1. The third-order valence-corrected chi connectivity index (χ3v) is 2.79. The number of nitro groups is 1. The van der Waals surface area contributed by atoms with Crippen molar-refractivity contribution in [2.75, 3.05) is 13.1 Å². The minimum absolute atomic E-state index is 0.0822. The molecule has 0 aliphatic carbocycles. The summed E-state index contributed by atoms with van der Waals surface area (Å²) in [5.41, 5.74) is 4.62. The Morgan fingerprint density at radius 3 is 2.62 bits per heavy atom. The molecule has 1 aromatic heterocycles. The Bertz CT molecular complexity index is 576. The number of halogens is 1. The van der Waals surface area contributed by atoms with Crippen LogP contribution in [0.4, 0.5) is 5.69 Å². The average molecular weight is 315 g/mol. The van der Waals surface area contributed by atoms with Crippen molar-refractivity contribution >= 4 is 29.1 Å². The van der Waals surface area contributed by atoms with Gasteiger partial charge in [0, 0.05) is 12.6 Å². The van der Waals surface area contributed by atoms with Crippen LogP contribution in [0, 0.1) is 16.0 Å². The van der Waals surface area contributed by atoms with Gasteiger partial charge in [0.05, 0.1) is 17.0 Å². The van der Waals surface area contributed by atoms with Crippen LogP contribution in [0.2, 0.25) is 5.15 Å². The van der Waals surface area contributed by atoms with E-state index in [1.165, 1.54) is 4.90 Å². The molecular weight excluding hydrogens is 300 g/mol. The van der Waals surface area contributed by atoms with Gasteiger partial charge in [0.1, 0.15) is 11.3 Å². The van der Waals surface area contributed by atoms with E-state index in [-0.39, 0.29) is 35.4 Å². The van der Waals surface area contributed by atoms with Crippen molar-refractivity contribution in [2.24, 2.45) is 11.7 Å². The summed E-state index contributed by atoms with van der Waals surface area (Å²) in [7, 11) is 0. The lowest BCUT2D eigenvalue weighted by Crippen LogP contribution is -2.40. The van der Waals surface area contributed by atoms with Crippen LogP contribution in [-0.2, 0) is 4.79 Å². The Morgan fingerprint density at radius 1 is 1.52 bits per heavy atom. The van der Waals surface area contributed by atoms with Crippen LogP contribution >= 0.6 is 11.6 Å². The van der Waals surface area contributed by atoms with E-state index in [2.05, 4.69) is 4.98 Å². The van der Waals surface area contributed by atoms with Gasteiger partial charge >= 0.3 is 0 Å². The van der Waals surface area contributed by atoms with Crippen LogP contribution in [0.5, 0.6) is 0 Å². The first kappa shape index (κ1) is 16.8. The predicted octanol–water partition coefficient (Wildman–Crippen LogP) is 1.23. The fourth-order valence-corrected chi connectivity index (χ4v) is 1.89. The van der Waals surface area contributed by atoms with E-state index in [4.69, 9.17) is 17.3 Å². The van der Waals surface area contributed by atoms with Gasteiger partial charge in [-0.05, 0) is 5.92 Å². The molecule has 0 aromatic carbocycles. The molecular formula is C12H15ClN4O4. The number of carbonyl (C=O) groups excluding carboxylic acids is 2. The highest BCUT2D eigenvalue weighted by Crippen LogP contribution is 2.21. The van der Waals surface area contributed by atoms with Crippen molar-refractivity contribution in [3.05, 3.63) is 33.1 Å². The number of pyridine rings is 1. The van der Waals surface area contributed by atoms with Gasteiger partial charge < -0.3 is 10.6 Å². The lowest BCUT2D eigenvalue weighted by Gasteiger charge is -2.23. The van der Waals surface area contributed by atoms with Crippen LogP contribution in [0.1, 0.15) is 24.2 Å². The number of amides is 2. The third-order valence-electron chi connectivity index (χ3n) is 2.49. The van der Waals surface area contributed by atoms with E-state index in [1.54, 1.807) is 0 Å². The molecule has 1 rings (SSSR count). The second kappa shape index (κ2) is 6.98. The number of hydrogen-bond donors (Lipinski definition) is 1. The monoisotopic (exact) mass is 314 g/mol. The number of carbonyl (C=O) groups is 2. The molecule has 8 nitrogen and oxygen atoms in total. The van der Waals surface area contributed by atoms with Crippen LogP contribution in [0.15, 0.2) is 12.3 Å². The lowest BCUT2D eigenvalue weighted by molar-refractivity contribution is -0.385. The molecule has 9 heteroatoms. The van der Waals surface area contributed by atoms with E-state index in [9.17, 15) is 19.7 Å². The zero-order valence-electron chi connectivity index (χ0n) is 11.6. The van der Waals surface area contributed by atoms with Gasteiger partial charge in [0.2, 0.25) is 5.91 Å². The standard InChI is InChI=1S/C12H15ClN4O4/c1-7(2)5-16(6-10(14)18)12(19)9-3-8(17(20)21)4-15-11(9)13/h3-4,7H,5-6H2,1-2H3,(H2,14,18). The lowest BCUT2D eigenvalue weighted by atomic mass is 10.1. The quantitative estimate of drug-likeness (QED) is 0.481. The topological polar surface area (TPSA) is 119 Å². The number of aromatic nitrogens is 1. The van der Waals surface area contributed by atoms with Crippen LogP contribution in [-0.4, -0.2) is 39.7 Å². The molecule has 0 unspecified atom stereocenters. The van der Waals surface area contributed by atoms with E-state index < -0.39 is 16.7 Å². The van der Waals surface area contributed by atoms with Gasteiger partial charge in [-0.25, -0.2) is 4.98 Å². The highest BCUT2D eigenvalue weighted by molar-refractivity contribution is 6.32. The summed E-state index contributed by atoms with van der Waals surface area (Å²) in [6, 6.07) is 1.03. The average Bonchev–Trinajstić information content (AvgIpc) is 2.36. The first-order chi connectivity index (χ1) is 9.72. The molecule has 2 N–H and O–H groups in total. The van der Waals surface area contributed by atoms with Crippen molar-refractivity contribution in [1.82, 2.24) is 9.88 Å². The van der Waals surface area contributed by atoms with Gasteiger partial charge in [-0.3, -0.25) is 19.7 Å². The van der Waals surface area contributed by atoms with Gasteiger partial charge in [0.25, 0.3) is 11.6 Å². The number of nitrogens with zero attached hydrogens (tertiary/aromatic N) is 3. The van der Waals surface area contributed by atoms with Crippen molar-refractivity contribution in [1.29, 1.82) is 0 Å². The Morgan fingerprint density at radius 2 is 2.14 bits per heavy atom. The molecule has 0 atom stereocenters. The predicted molar refractivity (Wildman–Crippen MR) is 75.8 cm³/mol. The van der Waals surface area contributed by atoms with Gasteiger partial charge in [-0.1, -0.05) is 25.4 Å². The molecule has 0 bridgehead atoms. The molecule has 0 aliphatic heterocycles. The highest BCUT2D eigenvalue weighted by Gasteiger charge is 2.24. The molecule has 0 radical (unpaired) electrons. The Kier molecular flexibility index (Phi) is 5.60. The molecule has 0 fully saturated rings. The molecule has 1 heterocycles. The fourth-order valence-electron chi connectivity index (χ4n) is 1.71. The Balaban J connectivity index is 3.15. The normalized spacial score (nSPS) is 10.5. The molecule has 0 saturated carbocycles. The maximum atomic E-state index is 12.4. The zero-order chi connectivity index (χ0) is 16.2. The van der Waals surface area contributed by atoms with Crippen molar-refractivity contribution in [3.8, 4) is 0 Å². The second-order valence-corrected chi connectivity index (χ2v) is 5.19. The number of nitrogens with two attached hydrogens (primary N) is 1. The number of rotatable bonds is 6. The summed E-state index contributed by atoms with van der Waals surface area (Å²) >= 11 is 5.82. The maximum Gasteiger partial charge on any atom is 0.288 e. The molecule has 0 spiro atoms. The molecule has 2 amide bonds. The summed E-state index contributed by atoms with van der Waals surface area (Å²) in [5, 5.41) is 10.6. The van der Waals surface area contributed by atoms with Gasteiger partial charge in [0.15, 0.2) is 0 Å². The molecule has 21 heavy (non-hydrogen) atoms. The van der Waals surface area contributed by atoms with Crippen LogP contribution in [0.25, 0.3) is 0 Å². The van der Waals surface area contributed by atoms with Gasteiger partial charge in [-0.2, -0.15) is 0 Å². The van der Waals surface area contributed by atoms with Crippen molar-refractivity contribution < 1.29 is 14.5 Å². The van der Waals surface area contributed by atoms with E-state index in [0.29, 0.717) is 0 Å². The first-order valence-electron chi connectivity index (χ1n) is 6.10. The minimum Gasteiger partial charge on any atom is -0.368 e. The fraction of sp³-hybridized carbons (Fsp3) is 0.417.